The van der Waals surface area contributed by atoms with Gasteiger partial charge in [0.2, 0.25) is 0 Å². The summed E-state index contributed by atoms with van der Waals surface area (Å²) >= 11 is 2.07. The second kappa shape index (κ2) is 8.15. The number of benzene rings is 2. The summed E-state index contributed by atoms with van der Waals surface area (Å²) in [6, 6.07) is 13.9. The van der Waals surface area contributed by atoms with Crippen molar-refractivity contribution in [3.63, 3.8) is 0 Å². The van der Waals surface area contributed by atoms with Crippen molar-refractivity contribution in [1.82, 2.24) is 4.98 Å². The molecule has 4 rings (SSSR count). The van der Waals surface area contributed by atoms with Gasteiger partial charge in [0, 0.05) is 9.13 Å². The molecule has 0 fully saturated rings. The fraction of sp³-hybridized carbons (Fsp3) is 0.261. The van der Waals surface area contributed by atoms with Gasteiger partial charge >= 0.3 is 6.18 Å². The molecule has 1 aliphatic heterocycles. The zero-order valence-electron chi connectivity index (χ0n) is 18.0. The van der Waals surface area contributed by atoms with Crippen molar-refractivity contribution >= 4 is 49.8 Å². The van der Waals surface area contributed by atoms with Crippen LogP contribution in [0.25, 0.3) is 0 Å². The second-order valence-corrected chi connectivity index (χ2v) is 11.9. The lowest BCUT2D eigenvalue weighted by atomic mass is 9.87. The Labute approximate surface area is 204 Å². The van der Waals surface area contributed by atoms with E-state index in [2.05, 4.69) is 32.9 Å². The zero-order valence-corrected chi connectivity index (χ0v) is 21.0. The van der Waals surface area contributed by atoms with Crippen LogP contribution in [0.15, 0.2) is 59.5 Å². The van der Waals surface area contributed by atoms with E-state index < -0.39 is 21.9 Å². The monoisotopic (exact) mass is 587 g/mol. The van der Waals surface area contributed by atoms with Crippen LogP contribution >= 0.6 is 22.6 Å². The fourth-order valence-electron chi connectivity index (χ4n) is 3.53. The van der Waals surface area contributed by atoms with Gasteiger partial charge in [-0.2, -0.15) is 13.2 Å². The number of alkyl halides is 3. The van der Waals surface area contributed by atoms with Gasteiger partial charge in [-0.05, 0) is 70.0 Å². The highest BCUT2D eigenvalue weighted by Crippen LogP contribution is 2.40. The summed E-state index contributed by atoms with van der Waals surface area (Å²) in [6.07, 6.45) is -4.61. The molecule has 3 aromatic rings. The number of nitrogens with one attached hydrogen (secondary N) is 1. The molecule has 0 saturated carbocycles. The Morgan fingerprint density at radius 1 is 1.00 bits per heavy atom. The van der Waals surface area contributed by atoms with Gasteiger partial charge in [0.25, 0.3) is 10.0 Å². The van der Waals surface area contributed by atoms with Crippen LogP contribution in [-0.2, 0) is 28.2 Å². The summed E-state index contributed by atoms with van der Waals surface area (Å²) in [4.78, 5) is 3.83. The number of hydrogen-bond acceptors (Lipinski definition) is 4. The lowest BCUT2D eigenvalue weighted by molar-refractivity contribution is -0.141. The average Bonchev–Trinajstić information content (AvgIpc) is 2.89. The third-order valence-corrected chi connectivity index (χ3v) is 7.82. The van der Waals surface area contributed by atoms with E-state index in [0.717, 1.165) is 15.2 Å². The van der Waals surface area contributed by atoms with Crippen LogP contribution < -0.4 is 9.62 Å². The van der Waals surface area contributed by atoms with Crippen molar-refractivity contribution < 1.29 is 21.6 Å². The smallest absolute Gasteiger partial charge is 0.338 e. The molecule has 1 aromatic heterocycles. The Morgan fingerprint density at radius 2 is 1.67 bits per heavy atom. The van der Waals surface area contributed by atoms with Gasteiger partial charge in [0.15, 0.2) is 0 Å². The fourth-order valence-corrected chi connectivity index (χ4v) is 5.46. The van der Waals surface area contributed by atoms with Gasteiger partial charge in [0.05, 0.1) is 22.8 Å². The maximum Gasteiger partial charge on any atom is 0.433 e. The molecule has 0 saturated heterocycles. The Balaban J connectivity index is 1.85. The highest BCUT2D eigenvalue weighted by atomic mass is 127. The van der Waals surface area contributed by atoms with Crippen molar-refractivity contribution in [3.8, 4) is 0 Å². The van der Waals surface area contributed by atoms with E-state index in [1.807, 2.05) is 20.8 Å². The molecule has 10 heteroatoms. The van der Waals surface area contributed by atoms with Crippen molar-refractivity contribution in [2.24, 2.45) is 0 Å². The molecule has 0 aliphatic carbocycles. The highest BCUT2D eigenvalue weighted by Gasteiger charge is 2.35. The molecular formula is C23H21F3IN3O2S. The molecule has 0 radical (unpaired) electrons. The quantitative estimate of drug-likeness (QED) is 0.350. The maximum atomic E-state index is 13.7. The molecular weight excluding hydrogens is 566 g/mol. The summed E-state index contributed by atoms with van der Waals surface area (Å²) in [6.45, 7) is 5.95. The molecule has 1 N–H and O–H groups in total. The van der Waals surface area contributed by atoms with E-state index in [1.54, 1.807) is 42.5 Å². The Hall–Kier alpha value is -2.34. The standard InChI is InChI=1S/C23H21F3IN3O2S/c1-22(2,3)15-5-8-17(9-6-15)33(31,32)30-13-14-4-11-20(23(24,25)26)29-21(14)28-18-10-7-16(27)12-19(18)30/h4-12H,13H2,1-3H3,(H,28,29). The SMILES string of the molecule is CC(C)(C)c1ccc(S(=O)(=O)N2Cc3ccc(C(F)(F)F)nc3Nc3ccc(I)cc32)cc1. The largest absolute Gasteiger partial charge is 0.433 e. The molecule has 0 unspecified atom stereocenters. The number of aromatic nitrogens is 1. The number of pyridine rings is 1. The van der Waals surface area contributed by atoms with Crippen molar-refractivity contribution in [1.29, 1.82) is 0 Å². The van der Waals surface area contributed by atoms with Crippen LogP contribution in [0.5, 0.6) is 0 Å². The molecule has 2 aromatic carbocycles. The molecule has 2 heterocycles. The normalized spacial score (nSPS) is 14.2. The number of anilines is 3. The highest BCUT2D eigenvalue weighted by molar-refractivity contribution is 14.1. The van der Waals surface area contributed by atoms with Gasteiger partial charge < -0.3 is 5.32 Å². The summed E-state index contributed by atoms with van der Waals surface area (Å²) in [7, 11) is -4.02. The first kappa shape index (κ1) is 23.8. The maximum absolute atomic E-state index is 13.7. The van der Waals surface area contributed by atoms with Crippen LogP contribution in [0, 0.1) is 3.57 Å². The second-order valence-electron chi connectivity index (χ2n) is 8.77. The third kappa shape index (κ3) is 4.68. The number of fused-ring (bicyclic) bond motifs is 2. The number of sulfonamides is 1. The lowest BCUT2D eigenvalue weighted by Gasteiger charge is -2.25. The topological polar surface area (TPSA) is 62.3 Å². The Morgan fingerprint density at radius 3 is 2.27 bits per heavy atom. The Kier molecular flexibility index (Phi) is 5.88. The number of hydrogen-bond donors (Lipinski definition) is 1. The van der Waals surface area contributed by atoms with Crippen molar-refractivity contribution in [3.05, 3.63) is 75.0 Å². The van der Waals surface area contributed by atoms with Crippen LogP contribution in [0.2, 0.25) is 0 Å². The van der Waals surface area contributed by atoms with E-state index in [9.17, 15) is 21.6 Å². The molecule has 1 aliphatic rings. The van der Waals surface area contributed by atoms with E-state index in [4.69, 9.17) is 0 Å². The third-order valence-electron chi connectivity index (χ3n) is 5.37. The minimum Gasteiger partial charge on any atom is -0.338 e. The zero-order chi connectivity index (χ0) is 24.2. The van der Waals surface area contributed by atoms with Crippen molar-refractivity contribution in [2.75, 3.05) is 9.62 Å². The van der Waals surface area contributed by atoms with Crippen LogP contribution in [0.1, 0.15) is 37.6 Å². The van der Waals surface area contributed by atoms with Crippen LogP contribution in [-0.4, -0.2) is 13.4 Å². The van der Waals surface area contributed by atoms with Gasteiger partial charge in [-0.1, -0.05) is 39.0 Å². The number of rotatable bonds is 2. The summed E-state index contributed by atoms with van der Waals surface area (Å²) < 4.78 is 69.1. The molecule has 0 amide bonds. The molecule has 0 spiro atoms. The lowest BCUT2D eigenvalue weighted by Crippen LogP contribution is -2.30. The first-order valence-electron chi connectivity index (χ1n) is 10.0. The average molecular weight is 587 g/mol. The van der Waals surface area contributed by atoms with Crippen molar-refractivity contribution in [2.45, 2.75) is 43.8 Å². The van der Waals surface area contributed by atoms with Gasteiger partial charge in [-0.15, -0.1) is 0 Å². The molecule has 33 heavy (non-hydrogen) atoms. The molecule has 174 valence electrons. The van der Waals surface area contributed by atoms with E-state index in [0.29, 0.717) is 16.9 Å². The van der Waals surface area contributed by atoms with Gasteiger partial charge in [-0.25, -0.2) is 13.4 Å². The molecule has 0 bridgehead atoms. The first-order chi connectivity index (χ1) is 15.3. The van der Waals surface area contributed by atoms with E-state index >= 15 is 0 Å². The van der Waals surface area contributed by atoms with E-state index in [-0.39, 0.29) is 22.7 Å². The summed E-state index contributed by atoms with van der Waals surface area (Å²) in [5.41, 5.74) is 0.838. The predicted molar refractivity (Wildman–Crippen MR) is 130 cm³/mol. The number of nitrogens with zero attached hydrogens (tertiary/aromatic N) is 2. The number of halogens is 4. The van der Waals surface area contributed by atoms with Gasteiger partial charge in [-0.3, -0.25) is 4.31 Å². The predicted octanol–water partition coefficient (Wildman–Crippen LogP) is 6.46. The minimum atomic E-state index is -4.61. The van der Waals surface area contributed by atoms with Gasteiger partial charge in [0.1, 0.15) is 11.5 Å². The van der Waals surface area contributed by atoms with Crippen LogP contribution in [0.3, 0.4) is 0 Å². The molecule has 0 atom stereocenters. The first-order valence-corrected chi connectivity index (χ1v) is 12.6. The van der Waals surface area contributed by atoms with E-state index in [1.165, 1.54) is 10.4 Å². The molecule has 5 nitrogen and oxygen atoms in total. The Bertz CT molecular complexity index is 1320. The van der Waals surface area contributed by atoms with Crippen LogP contribution in [0.4, 0.5) is 30.4 Å². The summed E-state index contributed by atoms with van der Waals surface area (Å²) in [5, 5.41) is 2.90. The summed E-state index contributed by atoms with van der Waals surface area (Å²) in [5.74, 6) is -0.0203. The minimum absolute atomic E-state index is 0.0203.